The molecule has 0 rings (SSSR count). The van der Waals surface area contributed by atoms with Crippen LogP contribution in [-0.2, 0) is 28.6 Å². The van der Waals surface area contributed by atoms with E-state index in [2.05, 4.69) is 142 Å². The van der Waals surface area contributed by atoms with Crippen LogP contribution in [0.15, 0.2) is 122 Å². The van der Waals surface area contributed by atoms with Crippen LogP contribution in [0, 0.1) is 0 Å². The number of esters is 3. The van der Waals surface area contributed by atoms with Crippen LogP contribution in [0.1, 0.15) is 290 Å². The van der Waals surface area contributed by atoms with Gasteiger partial charge in [-0.1, -0.05) is 264 Å². The summed E-state index contributed by atoms with van der Waals surface area (Å²) in [7, 11) is 0. The molecule has 0 bridgehead atoms. The molecule has 0 radical (unpaired) electrons. The van der Waals surface area contributed by atoms with Crippen molar-refractivity contribution in [2.24, 2.45) is 0 Å². The van der Waals surface area contributed by atoms with Gasteiger partial charge in [-0.05, 0) is 128 Å². The average molecular weight is 1070 g/mol. The van der Waals surface area contributed by atoms with Gasteiger partial charge in [-0.3, -0.25) is 14.4 Å². The minimum Gasteiger partial charge on any atom is -0.462 e. The number of allylic oxidation sites excluding steroid dienone is 20. The third-order valence-corrected chi connectivity index (χ3v) is 13.4. The first-order valence-electron chi connectivity index (χ1n) is 32.0. The lowest BCUT2D eigenvalue weighted by molar-refractivity contribution is -0.167. The Kier molecular flexibility index (Phi) is 60.8. The first-order valence-corrected chi connectivity index (χ1v) is 32.0. The molecular formula is C71H118O6. The molecule has 77 heavy (non-hydrogen) atoms. The van der Waals surface area contributed by atoms with Crippen LogP contribution >= 0.6 is 0 Å². The van der Waals surface area contributed by atoms with E-state index in [9.17, 15) is 14.4 Å². The largest absolute Gasteiger partial charge is 0.462 e. The lowest BCUT2D eigenvalue weighted by Gasteiger charge is -2.18. The van der Waals surface area contributed by atoms with Crippen molar-refractivity contribution in [1.29, 1.82) is 0 Å². The smallest absolute Gasteiger partial charge is 0.306 e. The number of hydrogen-bond acceptors (Lipinski definition) is 6. The maximum atomic E-state index is 12.9. The lowest BCUT2D eigenvalue weighted by atomic mass is 10.1. The highest BCUT2D eigenvalue weighted by atomic mass is 16.6. The van der Waals surface area contributed by atoms with E-state index in [-0.39, 0.29) is 31.1 Å². The van der Waals surface area contributed by atoms with Crippen molar-refractivity contribution in [2.75, 3.05) is 13.2 Å². The summed E-state index contributed by atoms with van der Waals surface area (Å²) < 4.78 is 16.9. The van der Waals surface area contributed by atoms with Gasteiger partial charge in [0.1, 0.15) is 13.2 Å². The molecule has 6 nitrogen and oxygen atoms in total. The number of carbonyl (C=O) groups excluding carboxylic acids is 3. The minimum atomic E-state index is -0.798. The normalized spacial score (nSPS) is 12.9. The summed E-state index contributed by atoms with van der Waals surface area (Å²) in [4.78, 5) is 38.3. The summed E-state index contributed by atoms with van der Waals surface area (Å²) in [5.41, 5.74) is 0. The van der Waals surface area contributed by atoms with Gasteiger partial charge in [0, 0.05) is 19.3 Å². The second kappa shape index (κ2) is 64.3. The summed E-state index contributed by atoms with van der Waals surface area (Å²) in [6, 6.07) is 0. The van der Waals surface area contributed by atoms with E-state index in [1.165, 1.54) is 96.3 Å². The highest BCUT2D eigenvalue weighted by Gasteiger charge is 2.19. The van der Waals surface area contributed by atoms with Crippen molar-refractivity contribution < 1.29 is 28.6 Å². The average Bonchev–Trinajstić information content (AvgIpc) is 3.43. The van der Waals surface area contributed by atoms with Crippen LogP contribution in [0.4, 0.5) is 0 Å². The molecule has 0 N–H and O–H groups in total. The van der Waals surface area contributed by atoms with Crippen LogP contribution < -0.4 is 0 Å². The van der Waals surface area contributed by atoms with Gasteiger partial charge in [0.2, 0.25) is 0 Å². The molecule has 0 aromatic heterocycles. The Labute approximate surface area is 475 Å². The zero-order valence-electron chi connectivity index (χ0n) is 50.2. The quantitative estimate of drug-likeness (QED) is 0.0261. The van der Waals surface area contributed by atoms with Gasteiger partial charge < -0.3 is 14.2 Å². The molecule has 0 amide bonds. The van der Waals surface area contributed by atoms with Crippen molar-refractivity contribution in [2.45, 2.75) is 297 Å². The third-order valence-electron chi connectivity index (χ3n) is 13.4. The fourth-order valence-electron chi connectivity index (χ4n) is 8.63. The molecule has 0 aromatic carbocycles. The molecule has 0 spiro atoms. The fraction of sp³-hybridized carbons (Fsp3) is 0.676. The third kappa shape index (κ3) is 62.5. The number of hydrogen-bond donors (Lipinski definition) is 0. The molecule has 438 valence electrons. The van der Waals surface area contributed by atoms with E-state index in [1.54, 1.807) is 0 Å². The van der Waals surface area contributed by atoms with E-state index in [1.807, 2.05) is 0 Å². The van der Waals surface area contributed by atoms with Gasteiger partial charge in [0.15, 0.2) is 6.10 Å². The number of carbonyl (C=O) groups is 3. The monoisotopic (exact) mass is 1070 g/mol. The Morgan fingerprint density at radius 1 is 0.273 bits per heavy atom. The Hall–Kier alpha value is -4.19. The molecular weight excluding hydrogens is 949 g/mol. The number of ether oxygens (including phenoxy) is 3. The minimum absolute atomic E-state index is 0.0935. The van der Waals surface area contributed by atoms with Crippen molar-refractivity contribution >= 4 is 17.9 Å². The van der Waals surface area contributed by atoms with Gasteiger partial charge in [-0.2, -0.15) is 0 Å². The number of unbranched alkanes of at least 4 members (excludes halogenated alkanes) is 26. The molecule has 1 unspecified atom stereocenters. The number of rotatable bonds is 57. The van der Waals surface area contributed by atoms with E-state index in [0.29, 0.717) is 19.3 Å². The first kappa shape index (κ1) is 72.8. The van der Waals surface area contributed by atoms with Gasteiger partial charge >= 0.3 is 17.9 Å². The summed E-state index contributed by atoms with van der Waals surface area (Å²) >= 11 is 0. The SMILES string of the molecule is CC/C=C\C/C=C\C/C=C\C/C=C\C/C=C\CCCCCCCCCCCC(=O)OCC(COC(=O)CCCCCCC/C=C\C/C=C\CCC)OC(=O)CCCCCCCC/C=C\C/C=C\C/C=C\CCCCCCC. The standard InChI is InChI=1S/C71H118O6/c1-4-7-10-13-16-19-22-25-27-29-31-33-34-35-36-38-39-41-43-46-49-52-55-58-61-64-70(73)76-67-68(66-75-69(72)63-60-57-54-51-48-45-24-21-18-15-12-9-6-3)77-71(74)65-62-59-56-53-50-47-44-42-40-37-32-30-28-26-23-20-17-14-11-8-5-2/h7,10,12,15-16,19,21,23-27,30-33,35-36,40,42,68H,4-6,8-9,11,13-14,17-18,20,22,28-29,34,37-39,41,43-67H2,1-3H3/b10-7-,15-12-,19-16-,24-21-,26-23-,27-25-,32-30-,33-31-,36-35-,42-40-. The molecule has 0 aliphatic carbocycles. The zero-order valence-corrected chi connectivity index (χ0v) is 50.2. The van der Waals surface area contributed by atoms with Crippen LogP contribution in [0.5, 0.6) is 0 Å². The topological polar surface area (TPSA) is 78.9 Å². The molecule has 0 aromatic rings. The predicted molar refractivity (Wildman–Crippen MR) is 334 cm³/mol. The van der Waals surface area contributed by atoms with Crippen LogP contribution in [0.2, 0.25) is 0 Å². The molecule has 0 aliphatic heterocycles. The van der Waals surface area contributed by atoms with Crippen LogP contribution in [0.3, 0.4) is 0 Å². The van der Waals surface area contributed by atoms with E-state index in [0.717, 1.165) is 154 Å². The molecule has 0 fully saturated rings. The predicted octanol–water partition coefficient (Wildman–Crippen LogP) is 22.0. The lowest BCUT2D eigenvalue weighted by Crippen LogP contribution is -2.30. The van der Waals surface area contributed by atoms with Gasteiger partial charge in [-0.25, -0.2) is 0 Å². The Balaban J connectivity index is 4.39. The van der Waals surface area contributed by atoms with Crippen molar-refractivity contribution in [3.63, 3.8) is 0 Å². The van der Waals surface area contributed by atoms with Gasteiger partial charge in [0.25, 0.3) is 0 Å². The van der Waals surface area contributed by atoms with E-state index < -0.39 is 6.10 Å². The first-order chi connectivity index (χ1) is 38.0. The zero-order chi connectivity index (χ0) is 55.7. The summed E-state index contributed by atoms with van der Waals surface area (Å²) in [5, 5.41) is 0. The van der Waals surface area contributed by atoms with Crippen LogP contribution in [0.25, 0.3) is 0 Å². The van der Waals surface area contributed by atoms with E-state index >= 15 is 0 Å². The maximum Gasteiger partial charge on any atom is 0.306 e. The highest BCUT2D eigenvalue weighted by molar-refractivity contribution is 5.71. The second-order valence-corrected chi connectivity index (χ2v) is 20.9. The molecule has 0 saturated heterocycles. The molecule has 0 heterocycles. The second-order valence-electron chi connectivity index (χ2n) is 20.9. The van der Waals surface area contributed by atoms with Crippen molar-refractivity contribution in [3.8, 4) is 0 Å². The Morgan fingerprint density at radius 3 is 0.844 bits per heavy atom. The van der Waals surface area contributed by atoms with E-state index in [4.69, 9.17) is 14.2 Å². The molecule has 1 atom stereocenters. The Bertz CT molecular complexity index is 1600. The molecule has 6 heteroatoms. The van der Waals surface area contributed by atoms with Gasteiger partial charge in [-0.15, -0.1) is 0 Å². The molecule has 0 saturated carbocycles. The Morgan fingerprint density at radius 2 is 0.532 bits per heavy atom. The maximum absolute atomic E-state index is 12.9. The van der Waals surface area contributed by atoms with Crippen molar-refractivity contribution in [1.82, 2.24) is 0 Å². The molecule has 0 aliphatic rings. The van der Waals surface area contributed by atoms with Gasteiger partial charge in [0.05, 0.1) is 0 Å². The highest BCUT2D eigenvalue weighted by Crippen LogP contribution is 2.15. The summed E-state index contributed by atoms with van der Waals surface area (Å²) in [6.07, 6.45) is 89.1. The summed E-state index contributed by atoms with van der Waals surface area (Å²) in [6.45, 7) is 6.43. The van der Waals surface area contributed by atoms with Crippen LogP contribution in [-0.4, -0.2) is 37.2 Å². The summed E-state index contributed by atoms with van der Waals surface area (Å²) in [5.74, 6) is -0.922. The van der Waals surface area contributed by atoms with Crippen molar-refractivity contribution in [3.05, 3.63) is 122 Å². The fourth-order valence-corrected chi connectivity index (χ4v) is 8.63.